The van der Waals surface area contributed by atoms with E-state index in [1.807, 2.05) is 13.8 Å². The number of fused-ring (bicyclic) bond motifs is 1. The van der Waals surface area contributed by atoms with Gasteiger partial charge in [0.1, 0.15) is 5.75 Å². The number of aldehydes is 1. The van der Waals surface area contributed by atoms with Crippen LogP contribution in [0.1, 0.15) is 40.1 Å². The number of phenolic OH excluding ortho intramolecular Hbond substituents is 1. The molecule has 0 aliphatic carbocycles. The zero-order chi connectivity index (χ0) is 12.6. The summed E-state index contributed by atoms with van der Waals surface area (Å²) < 4.78 is 0. The Kier molecular flexibility index (Phi) is 2.88. The van der Waals surface area contributed by atoms with Crippen molar-refractivity contribution in [3.8, 4) is 5.75 Å². The number of benzene rings is 1. The number of carbonyl (C=O) groups excluding carboxylic acids is 2. The van der Waals surface area contributed by atoms with E-state index in [4.69, 9.17) is 0 Å². The number of nitrogens with zero attached hydrogens (tertiary/aromatic N) is 1. The second kappa shape index (κ2) is 4.20. The maximum absolute atomic E-state index is 12.2. The van der Waals surface area contributed by atoms with Crippen LogP contribution in [0.25, 0.3) is 0 Å². The van der Waals surface area contributed by atoms with Gasteiger partial charge in [0.15, 0.2) is 6.29 Å². The van der Waals surface area contributed by atoms with Crippen molar-refractivity contribution in [1.29, 1.82) is 0 Å². The molecule has 1 aromatic carbocycles. The third kappa shape index (κ3) is 1.90. The highest BCUT2D eigenvalue weighted by Crippen LogP contribution is 2.26. The van der Waals surface area contributed by atoms with E-state index in [-0.39, 0.29) is 23.3 Å². The maximum Gasteiger partial charge on any atom is 0.254 e. The van der Waals surface area contributed by atoms with E-state index < -0.39 is 0 Å². The fourth-order valence-electron chi connectivity index (χ4n) is 2.14. The highest BCUT2D eigenvalue weighted by molar-refractivity contribution is 5.99. The van der Waals surface area contributed by atoms with E-state index in [1.54, 1.807) is 4.90 Å². The Hall–Kier alpha value is -1.84. The summed E-state index contributed by atoms with van der Waals surface area (Å²) in [6.45, 7) is 4.58. The van der Waals surface area contributed by atoms with Gasteiger partial charge < -0.3 is 10.0 Å². The van der Waals surface area contributed by atoms with E-state index >= 15 is 0 Å². The Morgan fingerprint density at radius 1 is 1.41 bits per heavy atom. The van der Waals surface area contributed by atoms with Crippen LogP contribution in [0.3, 0.4) is 0 Å². The van der Waals surface area contributed by atoms with E-state index in [0.29, 0.717) is 24.8 Å². The largest absolute Gasteiger partial charge is 0.507 e. The lowest BCUT2D eigenvalue weighted by atomic mass is 9.95. The summed E-state index contributed by atoms with van der Waals surface area (Å²) in [4.78, 5) is 24.7. The molecule has 1 amide bonds. The van der Waals surface area contributed by atoms with Crippen molar-refractivity contribution in [1.82, 2.24) is 4.90 Å². The SMILES string of the molecule is CC(C)N1CCc2cc(O)c(C=O)cc2C1=O. The molecule has 2 rings (SSSR count). The normalized spacial score (nSPS) is 15.0. The molecule has 1 heterocycles. The molecular formula is C13H15NO3. The van der Waals surface area contributed by atoms with Gasteiger partial charge in [-0.3, -0.25) is 9.59 Å². The number of phenols is 1. The molecule has 17 heavy (non-hydrogen) atoms. The van der Waals surface area contributed by atoms with Gasteiger partial charge in [-0.2, -0.15) is 0 Å². The van der Waals surface area contributed by atoms with Crippen LogP contribution in [-0.2, 0) is 6.42 Å². The van der Waals surface area contributed by atoms with Gasteiger partial charge >= 0.3 is 0 Å². The molecule has 0 aromatic heterocycles. The number of aromatic hydroxyl groups is 1. The van der Waals surface area contributed by atoms with Gasteiger partial charge in [-0.1, -0.05) is 0 Å². The molecule has 1 aromatic rings. The van der Waals surface area contributed by atoms with Crippen molar-refractivity contribution in [2.45, 2.75) is 26.3 Å². The topological polar surface area (TPSA) is 57.6 Å². The number of rotatable bonds is 2. The van der Waals surface area contributed by atoms with Gasteiger partial charge in [-0.25, -0.2) is 0 Å². The Morgan fingerprint density at radius 3 is 2.71 bits per heavy atom. The van der Waals surface area contributed by atoms with Crippen LogP contribution in [0, 0.1) is 0 Å². The minimum atomic E-state index is -0.0654. The highest BCUT2D eigenvalue weighted by atomic mass is 16.3. The molecule has 4 heteroatoms. The lowest BCUT2D eigenvalue weighted by molar-refractivity contribution is 0.0688. The third-order valence-corrected chi connectivity index (χ3v) is 3.12. The molecule has 0 spiro atoms. The highest BCUT2D eigenvalue weighted by Gasteiger charge is 2.27. The van der Waals surface area contributed by atoms with Crippen LogP contribution in [0.4, 0.5) is 0 Å². The number of carbonyl (C=O) groups is 2. The average Bonchev–Trinajstić information content (AvgIpc) is 2.28. The molecule has 1 aliphatic rings. The Morgan fingerprint density at radius 2 is 2.12 bits per heavy atom. The molecule has 0 atom stereocenters. The third-order valence-electron chi connectivity index (χ3n) is 3.12. The predicted molar refractivity (Wildman–Crippen MR) is 63.4 cm³/mol. The summed E-state index contributed by atoms with van der Waals surface area (Å²) in [5, 5.41) is 9.57. The lowest BCUT2D eigenvalue weighted by Crippen LogP contribution is -2.42. The summed E-state index contributed by atoms with van der Waals surface area (Å²) in [7, 11) is 0. The van der Waals surface area contributed by atoms with Crippen molar-refractivity contribution >= 4 is 12.2 Å². The number of amides is 1. The summed E-state index contributed by atoms with van der Waals surface area (Å²) in [5.41, 5.74) is 1.52. The van der Waals surface area contributed by atoms with Gasteiger partial charge in [0.25, 0.3) is 5.91 Å². The van der Waals surface area contributed by atoms with Gasteiger partial charge in [-0.05, 0) is 38.0 Å². The zero-order valence-corrected chi connectivity index (χ0v) is 9.93. The fraction of sp³-hybridized carbons (Fsp3) is 0.385. The minimum absolute atomic E-state index is 0.0513. The quantitative estimate of drug-likeness (QED) is 0.789. The first-order valence-electron chi connectivity index (χ1n) is 5.66. The van der Waals surface area contributed by atoms with Crippen LogP contribution in [0.15, 0.2) is 12.1 Å². The molecule has 0 saturated carbocycles. The monoisotopic (exact) mass is 233 g/mol. The predicted octanol–water partition coefficient (Wildman–Crippen LogP) is 1.61. The number of hydrogen-bond donors (Lipinski definition) is 1. The second-order valence-electron chi connectivity index (χ2n) is 4.53. The molecule has 0 bridgehead atoms. The Bertz CT molecular complexity index is 480. The van der Waals surface area contributed by atoms with Crippen molar-refractivity contribution in [3.63, 3.8) is 0 Å². The lowest BCUT2D eigenvalue weighted by Gasteiger charge is -2.32. The zero-order valence-electron chi connectivity index (χ0n) is 9.93. The minimum Gasteiger partial charge on any atom is -0.507 e. The van der Waals surface area contributed by atoms with Crippen molar-refractivity contribution < 1.29 is 14.7 Å². The van der Waals surface area contributed by atoms with E-state index in [2.05, 4.69) is 0 Å². The Labute approximate surface area is 99.9 Å². The molecule has 1 aliphatic heterocycles. The first kappa shape index (κ1) is 11.6. The molecule has 0 saturated heterocycles. The summed E-state index contributed by atoms with van der Waals surface area (Å²) in [6, 6.07) is 3.15. The van der Waals surface area contributed by atoms with Gasteiger partial charge in [0.05, 0.1) is 5.56 Å². The van der Waals surface area contributed by atoms with Crippen molar-refractivity contribution in [3.05, 3.63) is 28.8 Å². The molecule has 4 nitrogen and oxygen atoms in total. The average molecular weight is 233 g/mol. The van der Waals surface area contributed by atoms with Gasteiger partial charge in [-0.15, -0.1) is 0 Å². The van der Waals surface area contributed by atoms with Gasteiger partial charge in [0.2, 0.25) is 0 Å². The molecule has 0 unspecified atom stereocenters. The van der Waals surface area contributed by atoms with Crippen LogP contribution in [0.5, 0.6) is 5.75 Å². The Balaban J connectivity index is 2.48. The summed E-state index contributed by atoms with van der Waals surface area (Å²) >= 11 is 0. The first-order valence-corrected chi connectivity index (χ1v) is 5.66. The van der Waals surface area contributed by atoms with E-state index in [1.165, 1.54) is 12.1 Å². The standard InChI is InChI=1S/C13H15NO3/c1-8(2)14-4-3-9-6-12(16)10(7-15)5-11(9)13(14)17/h5-8,16H,3-4H2,1-2H3. The van der Waals surface area contributed by atoms with Crippen LogP contribution < -0.4 is 0 Å². The molecular weight excluding hydrogens is 218 g/mol. The van der Waals surface area contributed by atoms with Crippen molar-refractivity contribution in [2.24, 2.45) is 0 Å². The van der Waals surface area contributed by atoms with Crippen LogP contribution >= 0.6 is 0 Å². The number of hydrogen-bond acceptors (Lipinski definition) is 3. The molecule has 0 radical (unpaired) electrons. The molecule has 0 fully saturated rings. The summed E-state index contributed by atoms with van der Waals surface area (Å²) in [6.07, 6.45) is 1.28. The maximum atomic E-state index is 12.2. The van der Waals surface area contributed by atoms with E-state index in [9.17, 15) is 14.7 Å². The smallest absolute Gasteiger partial charge is 0.254 e. The fourth-order valence-corrected chi connectivity index (χ4v) is 2.14. The second-order valence-corrected chi connectivity index (χ2v) is 4.53. The first-order chi connectivity index (χ1) is 8.04. The van der Waals surface area contributed by atoms with E-state index in [0.717, 1.165) is 5.56 Å². The van der Waals surface area contributed by atoms with Crippen molar-refractivity contribution in [2.75, 3.05) is 6.54 Å². The molecule has 90 valence electrons. The summed E-state index contributed by atoms with van der Waals surface area (Å²) in [5.74, 6) is -0.117. The molecule has 1 N–H and O–H groups in total. The van der Waals surface area contributed by atoms with Gasteiger partial charge in [0, 0.05) is 18.2 Å². The van der Waals surface area contributed by atoms with Crippen LogP contribution in [0.2, 0.25) is 0 Å². The van der Waals surface area contributed by atoms with Crippen LogP contribution in [-0.4, -0.2) is 34.8 Å².